The molecule has 0 atom stereocenters. The normalized spacial score (nSPS) is 30.3. The lowest BCUT2D eigenvalue weighted by Crippen LogP contribution is -2.69. The molecule has 0 aromatic carbocycles. The minimum Gasteiger partial charge on any atom is -0.369 e. The molecule has 0 aromatic rings. The largest absolute Gasteiger partial charge is 0.369 e. The third-order valence-corrected chi connectivity index (χ3v) is 27.1. The molecule has 0 radical (unpaired) electrons. The number of nitrogens with zero attached hydrogens (tertiary/aromatic N) is 10. The Morgan fingerprint density at radius 1 is 0.306 bits per heavy atom. The Hall–Kier alpha value is -4.49. The molecule has 692 valence electrons. The zero-order valence-corrected chi connectivity index (χ0v) is 83.2. The number of aliphatic imine (C=N–C) groups is 1. The van der Waals surface area contributed by atoms with Crippen LogP contribution in [0.3, 0.4) is 0 Å². The standard InChI is InChI=1S/C94H178N24O3/c1-77(2)44-62(45-78(3,4)103-77)113(63-46-79(5,6)104-80(7,8)47-63)74-41-71(97-116(100-74)119-68-56-89(25,26)109-90(27,28)57-68)95-37-39-112(73-43-76(102-118(99-73)121-70-60-93(33,34)111-94(35,36)61-70)115(66-52-85(17,18)107-86(19,20)53-66)67-54-87(21,22)108-88(23,24)55-67)40-38-96-72-42-75(101-117(98-72)120-69-58-91(29,30)110-92(31,32)59-69)114(64-48-81(9,10)105-82(11,12)49-64)65-50-83(13,14)106-84(15,16)51-65/h41-43,62-70,95,97,101-111H,37-40,44-61H2,1-36H3,(H,96,98). The van der Waals surface area contributed by atoms with Gasteiger partial charge in [-0.05, 0) is 370 Å². The smallest absolute Gasteiger partial charge is 0.157 e. The van der Waals surface area contributed by atoms with Gasteiger partial charge < -0.3 is 72.8 Å². The first kappa shape index (κ1) is 95.6. The van der Waals surface area contributed by atoms with Crippen molar-refractivity contribution in [3.05, 3.63) is 35.7 Å². The summed E-state index contributed by atoms with van der Waals surface area (Å²) in [7, 11) is 0. The van der Waals surface area contributed by atoms with Crippen LogP contribution in [0.2, 0.25) is 0 Å². The van der Waals surface area contributed by atoms with Crippen LogP contribution in [0.25, 0.3) is 0 Å². The van der Waals surface area contributed by atoms with Gasteiger partial charge in [-0.2, -0.15) is 0 Å². The van der Waals surface area contributed by atoms with Crippen LogP contribution in [0.5, 0.6) is 0 Å². The summed E-state index contributed by atoms with van der Waals surface area (Å²) in [6.07, 6.45) is 22.8. The first-order chi connectivity index (χ1) is 54.8. The molecule has 0 amide bonds. The van der Waals surface area contributed by atoms with Crippen LogP contribution < -0.4 is 74.9 Å². The Balaban J connectivity index is 0.997. The fourth-order valence-corrected chi connectivity index (χ4v) is 27.3. The Morgan fingerprint density at radius 2 is 0.570 bits per heavy atom. The number of hydrogen-bond acceptors (Lipinski definition) is 26. The maximum atomic E-state index is 7.48. The second-order valence-corrected chi connectivity index (χ2v) is 52.0. The number of piperidine rings is 9. The first-order valence-corrected chi connectivity index (χ1v) is 47.2. The molecule has 27 heteroatoms. The lowest BCUT2D eigenvalue weighted by molar-refractivity contribution is -0.263. The quantitative estimate of drug-likeness (QED) is 0.0510. The minimum absolute atomic E-state index is 0.110. The van der Waals surface area contributed by atoms with E-state index in [9.17, 15) is 0 Å². The molecule has 0 aliphatic carbocycles. The third-order valence-electron chi connectivity index (χ3n) is 27.1. The van der Waals surface area contributed by atoms with Gasteiger partial charge in [0.25, 0.3) is 0 Å². The number of hydrogen-bond donors (Lipinski definition) is 14. The van der Waals surface area contributed by atoms with Crippen molar-refractivity contribution in [2.45, 2.75) is 519 Å². The molecule has 121 heavy (non-hydrogen) atoms. The van der Waals surface area contributed by atoms with E-state index in [4.69, 9.17) is 29.7 Å². The zero-order chi connectivity index (χ0) is 89.5. The SMILES string of the molecule is CC1(C)CC(ON2N=C(N(C3CC(C)(C)NC(C)(C)C3)C3CC(C)(C)NC(C)(C)C3)C=C(NCCN(CCN=C3C=C(N(C4CC(C)(C)NC(C)(C)C4)C4CC(C)(C)NC(C)(C)C4)NN(OC4CC(C)(C)NC(C)(C)C4)N3)C3=NN(OC4CC(C)(C)NC(C)(C)C4)NC(N(C4CC(C)(C)NC(C)(C)C4)C4CC(C)(C)NC(C)(C)C4)=C3)N2)CC(C)(C)N1. The highest BCUT2D eigenvalue weighted by Crippen LogP contribution is 2.46. The van der Waals surface area contributed by atoms with E-state index in [0.717, 1.165) is 151 Å². The topological polar surface area (TPSA) is 256 Å². The van der Waals surface area contributed by atoms with Crippen LogP contribution in [0.1, 0.15) is 365 Å². The summed E-state index contributed by atoms with van der Waals surface area (Å²) >= 11 is 0. The van der Waals surface area contributed by atoms with Crippen LogP contribution in [0.4, 0.5) is 0 Å². The van der Waals surface area contributed by atoms with Crippen LogP contribution in [-0.2, 0) is 14.5 Å². The number of nitrogens with one attached hydrogen (secondary N) is 14. The van der Waals surface area contributed by atoms with Gasteiger partial charge in [0.15, 0.2) is 11.7 Å². The van der Waals surface area contributed by atoms with Crippen molar-refractivity contribution < 1.29 is 14.5 Å². The maximum absolute atomic E-state index is 7.48. The highest BCUT2D eigenvalue weighted by molar-refractivity contribution is 5.95. The van der Waals surface area contributed by atoms with Gasteiger partial charge in [-0.1, -0.05) is 10.6 Å². The van der Waals surface area contributed by atoms with E-state index in [1.807, 2.05) is 5.28 Å². The monoisotopic (exact) mass is 1690 g/mol. The van der Waals surface area contributed by atoms with Crippen molar-refractivity contribution in [1.29, 1.82) is 0 Å². The van der Waals surface area contributed by atoms with Crippen molar-refractivity contribution in [2.24, 2.45) is 15.2 Å². The van der Waals surface area contributed by atoms with Gasteiger partial charge in [0.05, 0.1) is 24.9 Å². The Labute approximate surface area is 734 Å². The van der Waals surface area contributed by atoms with Crippen molar-refractivity contribution in [1.82, 2.24) is 110 Å². The first-order valence-electron chi connectivity index (χ1n) is 47.2. The van der Waals surface area contributed by atoms with E-state index in [0.29, 0.717) is 26.2 Å². The molecule has 12 aliphatic rings. The summed E-state index contributed by atoms with van der Waals surface area (Å²) in [4.78, 5) is 38.6. The Kier molecular flexibility index (Phi) is 26.0. The molecule has 27 nitrogen and oxygen atoms in total. The predicted octanol–water partition coefficient (Wildman–Crippen LogP) is 12.9. The highest BCUT2D eigenvalue weighted by atomic mass is 16.8. The fraction of sp³-hybridized carbons (Fsp3) is 0.904. The third kappa shape index (κ3) is 25.9. The van der Waals surface area contributed by atoms with E-state index < -0.39 is 0 Å². The number of amidine groups is 3. The van der Waals surface area contributed by atoms with Gasteiger partial charge in [-0.3, -0.25) is 20.7 Å². The molecule has 12 heterocycles. The average molecular weight is 1690 g/mol. The van der Waals surface area contributed by atoms with Gasteiger partial charge in [-0.25, -0.2) is 20.5 Å². The lowest BCUT2D eigenvalue weighted by Gasteiger charge is -2.57. The molecule has 12 aliphatic heterocycles. The van der Waals surface area contributed by atoms with E-state index in [1.54, 1.807) is 10.6 Å². The Morgan fingerprint density at radius 3 is 0.884 bits per heavy atom. The van der Waals surface area contributed by atoms with Crippen molar-refractivity contribution in [2.75, 3.05) is 26.2 Å². The molecule has 0 aromatic heterocycles. The van der Waals surface area contributed by atoms with E-state index >= 15 is 0 Å². The maximum Gasteiger partial charge on any atom is 0.157 e. The summed E-state index contributed by atoms with van der Waals surface area (Å²) < 4.78 is 0. The number of hydrazone groups is 2. The molecule has 0 bridgehead atoms. The molecular weight excluding hydrogens is 1510 g/mol. The summed E-state index contributed by atoms with van der Waals surface area (Å²) in [6.45, 7) is 86.7. The molecule has 14 N–H and O–H groups in total. The lowest BCUT2D eigenvalue weighted by atomic mass is 9.75. The molecule has 0 spiro atoms. The predicted molar refractivity (Wildman–Crippen MR) is 497 cm³/mol. The Bertz CT molecular complexity index is 3590. The van der Waals surface area contributed by atoms with Crippen molar-refractivity contribution in [3.8, 4) is 0 Å². The summed E-state index contributed by atoms with van der Waals surface area (Å²) in [5.74, 6) is 5.19. The molecular formula is C94H178N24O3. The highest BCUT2D eigenvalue weighted by Gasteiger charge is 2.54. The van der Waals surface area contributed by atoms with E-state index in [-0.39, 0.29) is 154 Å². The average Bonchev–Trinajstić information content (AvgIpc) is 0.763. The van der Waals surface area contributed by atoms with Crippen LogP contribution in [-0.4, -0.2) is 233 Å². The molecule has 12 rings (SSSR count). The second kappa shape index (κ2) is 32.9. The van der Waals surface area contributed by atoms with Crippen molar-refractivity contribution in [3.63, 3.8) is 0 Å². The van der Waals surface area contributed by atoms with E-state index in [2.05, 4.69) is 362 Å². The van der Waals surface area contributed by atoms with Crippen LogP contribution in [0, 0.1) is 0 Å². The van der Waals surface area contributed by atoms with Crippen molar-refractivity contribution >= 4 is 17.5 Å². The van der Waals surface area contributed by atoms with Gasteiger partial charge >= 0.3 is 0 Å². The molecule has 0 unspecified atom stereocenters. The zero-order valence-electron chi connectivity index (χ0n) is 83.2. The van der Waals surface area contributed by atoms with Gasteiger partial charge in [0.1, 0.15) is 23.3 Å². The van der Waals surface area contributed by atoms with Gasteiger partial charge in [-0.15, -0.1) is 10.2 Å². The molecule has 9 saturated heterocycles. The van der Waals surface area contributed by atoms with Crippen LogP contribution in [0.15, 0.2) is 50.9 Å². The number of hydrazine groups is 4. The minimum atomic E-state index is -0.196. The summed E-state index contributed by atoms with van der Waals surface area (Å²) in [5, 5.41) is 57.0. The summed E-state index contributed by atoms with van der Waals surface area (Å²) in [5.41, 5.74) is 12.7. The fourth-order valence-electron chi connectivity index (χ4n) is 27.3. The van der Waals surface area contributed by atoms with Crippen LogP contribution >= 0.6 is 0 Å². The van der Waals surface area contributed by atoms with Gasteiger partial charge in [0.2, 0.25) is 0 Å². The number of rotatable bonds is 21. The molecule has 0 saturated carbocycles. The van der Waals surface area contributed by atoms with Gasteiger partial charge in [0, 0.05) is 174 Å². The molecule has 9 fully saturated rings. The summed E-state index contributed by atoms with van der Waals surface area (Å²) in [6, 6.07) is 1.00. The second-order valence-electron chi connectivity index (χ2n) is 52.0. The van der Waals surface area contributed by atoms with E-state index in [1.165, 1.54) is 0 Å².